The van der Waals surface area contributed by atoms with Gasteiger partial charge in [-0.2, -0.15) is 0 Å². The van der Waals surface area contributed by atoms with Gasteiger partial charge in [0.1, 0.15) is 36.5 Å². The standard InChI is InChI=1S/C21H24N8O5S2/c1-10-25-28-6-4-3-5-13(28)27(10)7-11-8-35-19-15(18(31)29(19)16(11)20(32)33)24-17(30)14(26-34-2)12-9-36-21(22)23-12/h9,15,19H,3-8H2,1-2H3,(H3-,22,23,24,30,32,33)/p+1/b26-14-/t15-,19-/m1/s1. The molecule has 0 aromatic carbocycles. The Labute approximate surface area is 214 Å². The van der Waals surface area contributed by atoms with E-state index in [-0.39, 0.29) is 22.2 Å². The lowest BCUT2D eigenvalue weighted by atomic mass is 10.0. The average molecular weight is 534 g/mol. The van der Waals surface area contributed by atoms with Gasteiger partial charge < -0.3 is 21.0 Å². The Kier molecular flexibility index (Phi) is 6.42. The fourth-order valence-corrected chi connectivity index (χ4v) is 6.59. The number of carbonyl (C=O) groups is 3. The monoisotopic (exact) mass is 533 g/mol. The minimum atomic E-state index is -1.17. The smallest absolute Gasteiger partial charge is 0.352 e. The maximum absolute atomic E-state index is 13.1. The molecule has 1 saturated heterocycles. The summed E-state index contributed by atoms with van der Waals surface area (Å²) >= 11 is 2.55. The molecule has 2 atom stereocenters. The first kappa shape index (κ1) is 24.2. The SMILES string of the molecule is CO/N=C(\C(=O)N[C@@H]1C(=O)N2C(C(=O)O)=C(C[n+]3c(C)nn4c3CCCC4)CS[C@H]12)c1csc(N)n1. The van der Waals surface area contributed by atoms with Crippen molar-refractivity contribution >= 4 is 51.7 Å². The van der Waals surface area contributed by atoms with Crippen molar-refractivity contribution in [1.82, 2.24) is 25.0 Å². The zero-order chi connectivity index (χ0) is 25.6. The van der Waals surface area contributed by atoms with Crippen molar-refractivity contribution in [1.29, 1.82) is 0 Å². The quantitative estimate of drug-likeness (QED) is 0.186. The number of anilines is 1. The minimum Gasteiger partial charge on any atom is -0.477 e. The number of carbonyl (C=O) groups excluding carboxylic acids is 2. The highest BCUT2D eigenvalue weighted by Gasteiger charge is 2.54. The second-order valence-electron chi connectivity index (χ2n) is 8.54. The molecule has 1 fully saturated rings. The van der Waals surface area contributed by atoms with Crippen LogP contribution in [0.1, 0.15) is 30.2 Å². The lowest BCUT2D eigenvalue weighted by molar-refractivity contribution is -0.703. The van der Waals surface area contributed by atoms with Crippen molar-refractivity contribution < 1.29 is 28.9 Å². The van der Waals surface area contributed by atoms with E-state index in [1.54, 1.807) is 5.38 Å². The molecule has 2 aromatic rings. The molecule has 0 saturated carbocycles. The van der Waals surface area contributed by atoms with Gasteiger partial charge in [0.2, 0.25) is 5.82 Å². The number of nitrogens with one attached hydrogen (secondary N) is 1. The van der Waals surface area contributed by atoms with Gasteiger partial charge in [0.05, 0.1) is 6.54 Å². The van der Waals surface area contributed by atoms with Crippen LogP contribution < -0.4 is 15.6 Å². The number of amides is 2. The number of oxime groups is 1. The third-order valence-electron chi connectivity index (χ3n) is 6.33. The van der Waals surface area contributed by atoms with Crippen molar-refractivity contribution in [3.05, 3.63) is 34.0 Å². The van der Waals surface area contributed by atoms with Crippen LogP contribution in [-0.2, 0) is 38.7 Å². The molecule has 190 valence electrons. The molecule has 13 nitrogen and oxygen atoms in total. The van der Waals surface area contributed by atoms with Crippen LogP contribution in [0.4, 0.5) is 5.13 Å². The number of nitrogen functional groups attached to an aromatic ring is 1. The van der Waals surface area contributed by atoms with Crippen LogP contribution in [0.2, 0.25) is 0 Å². The van der Waals surface area contributed by atoms with E-state index in [2.05, 4.69) is 20.6 Å². The Morgan fingerprint density at radius 3 is 2.92 bits per heavy atom. The zero-order valence-electron chi connectivity index (χ0n) is 19.6. The summed E-state index contributed by atoms with van der Waals surface area (Å²) in [5.74, 6) is -0.0535. The van der Waals surface area contributed by atoms with Gasteiger partial charge in [0, 0.05) is 35.1 Å². The Hall–Kier alpha value is -3.46. The van der Waals surface area contributed by atoms with Gasteiger partial charge in [-0.3, -0.25) is 14.5 Å². The predicted molar refractivity (Wildman–Crippen MR) is 130 cm³/mol. The van der Waals surface area contributed by atoms with E-state index in [4.69, 9.17) is 10.6 Å². The van der Waals surface area contributed by atoms with Crippen LogP contribution in [0.25, 0.3) is 0 Å². The molecular formula is C21H25N8O5S2+. The summed E-state index contributed by atoms with van der Waals surface area (Å²) in [6.45, 7) is 3.10. The number of hydrogen-bond acceptors (Lipinski definition) is 10. The van der Waals surface area contributed by atoms with E-state index in [1.165, 1.54) is 23.8 Å². The van der Waals surface area contributed by atoms with Crippen LogP contribution >= 0.6 is 23.1 Å². The Balaban J connectivity index is 1.37. The summed E-state index contributed by atoms with van der Waals surface area (Å²) < 4.78 is 4.02. The second-order valence-corrected chi connectivity index (χ2v) is 10.5. The number of β-lactam (4-membered cyclic amide) rings is 1. The van der Waals surface area contributed by atoms with Gasteiger partial charge >= 0.3 is 5.97 Å². The highest BCUT2D eigenvalue weighted by atomic mass is 32.2. The molecule has 36 heavy (non-hydrogen) atoms. The summed E-state index contributed by atoms with van der Waals surface area (Å²) in [6.07, 6.45) is 3.00. The molecule has 0 radical (unpaired) electrons. The molecule has 15 heteroatoms. The molecule has 4 N–H and O–H groups in total. The maximum Gasteiger partial charge on any atom is 0.352 e. The summed E-state index contributed by atoms with van der Waals surface area (Å²) in [5.41, 5.74) is 6.37. The molecule has 2 amide bonds. The minimum absolute atomic E-state index is 0.0324. The van der Waals surface area contributed by atoms with Crippen LogP contribution in [0.15, 0.2) is 21.8 Å². The molecular weight excluding hydrogens is 508 g/mol. The summed E-state index contributed by atoms with van der Waals surface area (Å²) in [6, 6.07) is -0.908. The Bertz CT molecular complexity index is 1320. The fourth-order valence-electron chi connectivity index (χ4n) is 4.70. The number of carboxylic acid groups (broad SMARTS) is 1. The zero-order valence-corrected chi connectivity index (χ0v) is 21.3. The van der Waals surface area contributed by atoms with Crippen LogP contribution in [0.3, 0.4) is 0 Å². The van der Waals surface area contributed by atoms with Gasteiger partial charge in [-0.05, 0) is 12.8 Å². The van der Waals surface area contributed by atoms with Gasteiger partial charge in [-0.15, -0.1) is 27.8 Å². The Morgan fingerprint density at radius 2 is 2.22 bits per heavy atom. The normalized spacial score (nSPS) is 21.6. The third kappa shape index (κ3) is 4.11. The van der Waals surface area contributed by atoms with E-state index in [0.29, 0.717) is 17.9 Å². The van der Waals surface area contributed by atoms with Crippen LogP contribution in [0.5, 0.6) is 0 Å². The highest BCUT2D eigenvalue weighted by molar-refractivity contribution is 8.00. The molecule has 3 aliphatic heterocycles. The van der Waals surface area contributed by atoms with Crippen molar-refractivity contribution in [3.8, 4) is 0 Å². The van der Waals surface area contributed by atoms with Crippen LogP contribution in [0, 0.1) is 6.92 Å². The summed E-state index contributed by atoms with van der Waals surface area (Å²) in [5, 5.41) is 22.3. The molecule has 0 bridgehead atoms. The number of thioether (sulfide) groups is 1. The largest absolute Gasteiger partial charge is 0.477 e. The van der Waals surface area contributed by atoms with Crippen molar-refractivity contribution in [2.45, 2.75) is 50.7 Å². The number of aromatic nitrogens is 4. The lowest BCUT2D eigenvalue weighted by Gasteiger charge is -2.49. The number of carboxylic acids is 1. The first-order valence-electron chi connectivity index (χ1n) is 11.3. The van der Waals surface area contributed by atoms with Crippen LogP contribution in [-0.4, -0.2) is 72.5 Å². The first-order valence-corrected chi connectivity index (χ1v) is 13.2. The average Bonchev–Trinajstić information content (AvgIpc) is 3.42. The number of hydrogen-bond donors (Lipinski definition) is 3. The number of aryl methyl sites for hydroxylation is 2. The third-order valence-corrected chi connectivity index (χ3v) is 8.35. The number of nitrogens with two attached hydrogens (primary N) is 1. The summed E-state index contributed by atoms with van der Waals surface area (Å²) in [7, 11) is 1.29. The molecule has 2 aromatic heterocycles. The van der Waals surface area contributed by atoms with E-state index in [0.717, 1.165) is 48.8 Å². The molecule has 0 unspecified atom stereocenters. The number of nitrogens with zero attached hydrogens (tertiary/aromatic N) is 6. The number of thiazole rings is 1. The highest BCUT2D eigenvalue weighted by Crippen LogP contribution is 2.40. The molecule has 5 rings (SSSR count). The topological polar surface area (TPSA) is 169 Å². The van der Waals surface area contributed by atoms with Crippen molar-refractivity contribution in [3.63, 3.8) is 0 Å². The summed E-state index contributed by atoms with van der Waals surface area (Å²) in [4.78, 5) is 48.4. The molecule has 0 aliphatic carbocycles. The maximum atomic E-state index is 13.1. The number of rotatable bonds is 7. The van der Waals surface area contributed by atoms with E-state index < -0.39 is 29.2 Å². The second kappa shape index (κ2) is 9.54. The molecule has 0 spiro atoms. The Morgan fingerprint density at radius 1 is 1.42 bits per heavy atom. The fraction of sp³-hybridized carbons (Fsp3) is 0.476. The predicted octanol–water partition coefficient (Wildman–Crippen LogP) is -0.357. The van der Waals surface area contributed by atoms with E-state index in [1.807, 2.05) is 16.2 Å². The van der Waals surface area contributed by atoms with Gasteiger partial charge in [-0.25, -0.2) is 14.3 Å². The lowest BCUT2D eigenvalue weighted by Crippen LogP contribution is -2.71. The van der Waals surface area contributed by atoms with Crippen molar-refractivity contribution in [2.24, 2.45) is 5.16 Å². The number of fused-ring (bicyclic) bond motifs is 2. The molecule has 3 aliphatic rings. The van der Waals surface area contributed by atoms with Gasteiger partial charge in [-0.1, -0.05) is 5.16 Å². The van der Waals surface area contributed by atoms with Crippen molar-refractivity contribution in [2.75, 3.05) is 18.6 Å². The van der Waals surface area contributed by atoms with Gasteiger partial charge in [0.15, 0.2) is 10.8 Å². The first-order chi connectivity index (χ1) is 17.3. The van der Waals surface area contributed by atoms with E-state index in [9.17, 15) is 19.5 Å². The van der Waals surface area contributed by atoms with E-state index >= 15 is 0 Å². The number of aliphatic carboxylic acids is 1. The van der Waals surface area contributed by atoms with Gasteiger partial charge in [0.25, 0.3) is 17.6 Å². The molecule has 5 heterocycles.